The van der Waals surface area contributed by atoms with Crippen LogP contribution in [0.5, 0.6) is 0 Å². The SMILES string of the molecule is CC1(C)CN(C2(CNC(=O)CCC3CCNCC3)CCCCC2)CCO1.Cl.Cl. The largest absolute Gasteiger partial charge is 0.373 e. The smallest absolute Gasteiger partial charge is 0.220 e. The molecule has 0 unspecified atom stereocenters. The number of rotatable bonds is 6. The Bertz CT molecular complexity index is 465. The molecule has 1 aliphatic carbocycles. The van der Waals surface area contributed by atoms with E-state index in [1.807, 2.05) is 0 Å². The molecule has 2 N–H and O–H groups in total. The van der Waals surface area contributed by atoms with Gasteiger partial charge in [0.2, 0.25) is 5.91 Å². The Kier molecular flexibility index (Phi) is 11.1. The topological polar surface area (TPSA) is 53.6 Å². The molecule has 1 saturated carbocycles. The molecule has 0 atom stereocenters. The van der Waals surface area contributed by atoms with Gasteiger partial charge in [0, 0.05) is 31.6 Å². The van der Waals surface area contributed by atoms with Crippen molar-refractivity contribution >= 4 is 30.7 Å². The summed E-state index contributed by atoms with van der Waals surface area (Å²) < 4.78 is 5.93. The summed E-state index contributed by atoms with van der Waals surface area (Å²) in [5.41, 5.74) is 0.0610. The average Bonchev–Trinajstić information content (AvgIpc) is 2.65. The van der Waals surface area contributed by atoms with E-state index in [9.17, 15) is 4.79 Å². The third-order valence-electron chi connectivity index (χ3n) is 6.73. The summed E-state index contributed by atoms with van der Waals surface area (Å²) in [6, 6.07) is 0. The molecule has 7 heteroatoms. The molecule has 0 spiro atoms. The fourth-order valence-corrected chi connectivity index (χ4v) is 5.09. The predicted octanol–water partition coefficient (Wildman–Crippen LogP) is 3.54. The van der Waals surface area contributed by atoms with E-state index in [1.54, 1.807) is 0 Å². The first-order valence-electron chi connectivity index (χ1n) is 10.9. The van der Waals surface area contributed by atoms with Gasteiger partial charge in [0.25, 0.3) is 0 Å². The molecule has 0 aromatic heterocycles. The quantitative estimate of drug-likeness (QED) is 0.666. The first-order chi connectivity index (χ1) is 12.5. The number of morpholine rings is 1. The van der Waals surface area contributed by atoms with Crippen molar-refractivity contribution < 1.29 is 9.53 Å². The summed E-state index contributed by atoms with van der Waals surface area (Å²) >= 11 is 0. The molecule has 2 saturated heterocycles. The number of hydrogen-bond acceptors (Lipinski definition) is 4. The molecule has 28 heavy (non-hydrogen) atoms. The predicted molar refractivity (Wildman–Crippen MR) is 120 cm³/mol. The summed E-state index contributed by atoms with van der Waals surface area (Å²) in [5, 5.41) is 6.72. The lowest BCUT2D eigenvalue weighted by Crippen LogP contribution is -2.63. The molecule has 3 aliphatic rings. The Labute approximate surface area is 183 Å². The Morgan fingerprint density at radius 3 is 2.46 bits per heavy atom. The van der Waals surface area contributed by atoms with Crippen molar-refractivity contribution in [1.82, 2.24) is 15.5 Å². The zero-order chi connectivity index (χ0) is 18.5. The number of ether oxygens (including phenoxy) is 1. The van der Waals surface area contributed by atoms with Crippen molar-refractivity contribution in [3.63, 3.8) is 0 Å². The van der Waals surface area contributed by atoms with Crippen LogP contribution in [0.2, 0.25) is 0 Å². The number of nitrogens with one attached hydrogen (secondary N) is 2. The third kappa shape index (κ3) is 7.32. The summed E-state index contributed by atoms with van der Waals surface area (Å²) in [6.45, 7) is 10.2. The molecule has 0 aromatic carbocycles. The number of nitrogens with zero attached hydrogens (tertiary/aromatic N) is 1. The van der Waals surface area contributed by atoms with Crippen LogP contribution in [0.25, 0.3) is 0 Å². The highest BCUT2D eigenvalue weighted by molar-refractivity contribution is 5.85. The lowest BCUT2D eigenvalue weighted by Gasteiger charge is -2.51. The molecular weight excluding hydrogens is 397 g/mol. The van der Waals surface area contributed by atoms with Crippen LogP contribution < -0.4 is 10.6 Å². The number of carbonyl (C=O) groups excluding carboxylic acids is 1. The Morgan fingerprint density at radius 2 is 1.82 bits per heavy atom. The normalized spacial score (nSPS) is 25.2. The standard InChI is InChI=1S/C21H39N3O2.2ClH/c1-20(2)17-24(14-15-26-20)21(10-4-3-5-11-21)16-23-19(25)7-6-18-8-12-22-13-9-18;;/h18,22H,3-17H2,1-2H3,(H,23,25);2*1H. The van der Waals surface area contributed by atoms with Gasteiger partial charge in [0.05, 0.1) is 12.2 Å². The maximum atomic E-state index is 12.5. The van der Waals surface area contributed by atoms with Gasteiger partial charge >= 0.3 is 0 Å². The molecule has 0 aromatic rings. The minimum absolute atomic E-state index is 0. The fourth-order valence-electron chi connectivity index (χ4n) is 5.09. The van der Waals surface area contributed by atoms with Gasteiger partial charge in [0.15, 0.2) is 0 Å². The zero-order valence-corrected chi connectivity index (χ0v) is 19.4. The molecule has 2 heterocycles. The van der Waals surface area contributed by atoms with Crippen molar-refractivity contribution in [2.75, 3.05) is 39.3 Å². The van der Waals surface area contributed by atoms with E-state index < -0.39 is 0 Å². The highest BCUT2D eigenvalue weighted by atomic mass is 35.5. The summed E-state index contributed by atoms with van der Waals surface area (Å²) in [5.74, 6) is 0.978. The van der Waals surface area contributed by atoms with Crippen molar-refractivity contribution in [2.45, 2.75) is 82.8 Å². The van der Waals surface area contributed by atoms with Crippen molar-refractivity contribution in [3.8, 4) is 0 Å². The highest BCUT2D eigenvalue weighted by Crippen LogP contribution is 2.36. The van der Waals surface area contributed by atoms with Crippen LogP contribution in [-0.2, 0) is 9.53 Å². The monoisotopic (exact) mass is 437 g/mol. The first-order valence-corrected chi connectivity index (χ1v) is 10.9. The first kappa shape index (κ1) is 26.0. The average molecular weight is 438 g/mol. The lowest BCUT2D eigenvalue weighted by molar-refractivity contribution is -0.129. The number of amides is 1. The van der Waals surface area contributed by atoms with Crippen LogP contribution in [-0.4, -0.2) is 61.3 Å². The van der Waals surface area contributed by atoms with E-state index in [2.05, 4.69) is 29.4 Å². The Balaban J connectivity index is 0.00000196. The fraction of sp³-hybridized carbons (Fsp3) is 0.952. The maximum absolute atomic E-state index is 12.5. The number of carbonyl (C=O) groups is 1. The van der Waals surface area contributed by atoms with Crippen LogP contribution in [0.15, 0.2) is 0 Å². The van der Waals surface area contributed by atoms with Crippen molar-refractivity contribution in [3.05, 3.63) is 0 Å². The Morgan fingerprint density at radius 1 is 1.14 bits per heavy atom. The van der Waals surface area contributed by atoms with Crippen LogP contribution in [0.3, 0.4) is 0 Å². The maximum Gasteiger partial charge on any atom is 0.220 e. The molecule has 3 fully saturated rings. The van der Waals surface area contributed by atoms with Gasteiger partial charge in [-0.05, 0) is 65.0 Å². The molecule has 0 radical (unpaired) electrons. The highest BCUT2D eigenvalue weighted by Gasteiger charge is 2.42. The van der Waals surface area contributed by atoms with Gasteiger partial charge in [-0.15, -0.1) is 24.8 Å². The van der Waals surface area contributed by atoms with Gasteiger partial charge in [-0.2, -0.15) is 0 Å². The van der Waals surface area contributed by atoms with E-state index in [0.717, 1.165) is 51.7 Å². The minimum Gasteiger partial charge on any atom is -0.373 e. The molecule has 0 bridgehead atoms. The van der Waals surface area contributed by atoms with E-state index in [0.29, 0.717) is 6.42 Å². The zero-order valence-electron chi connectivity index (χ0n) is 17.8. The van der Waals surface area contributed by atoms with Gasteiger partial charge in [-0.3, -0.25) is 9.69 Å². The summed E-state index contributed by atoms with van der Waals surface area (Å²) in [7, 11) is 0. The molecule has 5 nitrogen and oxygen atoms in total. The number of hydrogen-bond donors (Lipinski definition) is 2. The van der Waals surface area contributed by atoms with Gasteiger partial charge in [-0.25, -0.2) is 0 Å². The van der Waals surface area contributed by atoms with E-state index in [-0.39, 0.29) is 41.9 Å². The summed E-state index contributed by atoms with van der Waals surface area (Å²) in [6.07, 6.45) is 10.5. The second-order valence-corrected chi connectivity index (χ2v) is 9.32. The molecule has 1 amide bonds. The van der Waals surface area contributed by atoms with Gasteiger partial charge < -0.3 is 15.4 Å². The molecule has 3 rings (SSSR count). The molecular formula is C21H41Cl2N3O2. The lowest BCUT2D eigenvalue weighted by atomic mass is 9.79. The molecule has 166 valence electrons. The second kappa shape index (κ2) is 11.9. The van der Waals surface area contributed by atoms with E-state index in [4.69, 9.17) is 4.74 Å². The van der Waals surface area contributed by atoms with Crippen LogP contribution >= 0.6 is 24.8 Å². The Hall–Kier alpha value is -0.0700. The third-order valence-corrected chi connectivity index (χ3v) is 6.73. The minimum atomic E-state index is -0.0816. The van der Waals surface area contributed by atoms with E-state index in [1.165, 1.54) is 44.9 Å². The van der Waals surface area contributed by atoms with Crippen molar-refractivity contribution in [2.24, 2.45) is 5.92 Å². The van der Waals surface area contributed by atoms with Crippen LogP contribution in [0.4, 0.5) is 0 Å². The second-order valence-electron chi connectivity index (χ2n) is 9.32. The van der Waals surface area contributed by atoms with E-state index >= 15 is 0 Å². The van der Waals surface area contributed by atoms with Crippen LogP contribution in [0.1, 0.15) is 71.6 Å². The van der Waals surface area contributed by atoms with Crippen molar-refractivity contribution in [1.29, 1.82) is 0 Å². The molecule has 2 aliphatic heterocycles. The van der Waals surface area contributed by atoms with Crippen LogP contribution in [0, 0.1) is 5.92 Å². The number of piperidine rings is 1. The van der Waals surface area contributed by atoms with Gasteiger partial charge in [0.1, 0.15) is 0 Å². The van der Waals surface area contributed by atoms with Gasteiger partial charge in [-0.1, -0.05) is 19.3 Å². The summed E-state index contributed by atoms with van der Waals surface area (Å²) in [4.78, 5) is 15.1. The number of halogens is 2.